The van der Waals surface area contributed by atoms with Gasteiger partial charge in [-0.25, -0.2) is 0 Å². The average molecular weight is 376 g/mol. The number of nitrogens with zero attached hydrogens (tertiary/aromatic N) is 3. The first-order valence-electron chi connectivity index (χ1n) is 10.1. The number of rotatable bonds is 3. The molecule has 1 aromatic carbocycles. The summed E-state index contributed by atoms with van der Waals surface area (Å²) in [6.07, 6.45) is 8.94. The highest BCUT2D eigenvalue weighted by Gasteiger charge is 2.30. The monoisotopic (exact) mass is 376 g/mol. The zero-order chi connectivity index (χ0) is 19.1. The van der Waals surface area contributed by atoms with E-state index < -0.39 is 0 Å². The van der Waals surface area contributed by atoms with Gasteiger partial charge in [0.05, 0.1) is 17.8 Å². The van der Waals surface area contributed by atoms with E-state index in [9.17, 15) is 10.2 Å². The number of fused-ring (bicyclic) bond motifs is 2. The number of nitrogens with one attached hydrogen (secondary N) is 1. The molecule has 0 saturated heterocycles. The highest BCUT2D eigenvalue weighted by atomic mass is 16.3. The first-order chi connectivity index (χ1) is 13.7. The summed E-state index contributed by atoms with van der Waals surface area (Å²) >= 11 is 0. The number of hydrogen-bond donors (Lipinski definition) is 3. The van der Waals surface area contributed by atoms with Crippen LogP contribution in [0.4, 0.5) is 5.82 Å². The summed E-state index contributed by atoms with van der Waals surface area (Å²) in [4.78, 5) is 4.30. The predicted molar refractivity (Wildman–Crippen MR) is 107 cm³/mol. The van der Waals surface area contributed by atoms with Crippen LogP contribution in [-0.4, -0.2) is 37.5 Å². The van der Waals surface area contributed by atoms with Gasteiger partial charge >= 0.3 is 0 Å². The molecule has 28 heavy (non-hydrogen) atoms. The molecule has 3 aromatic rings. The Morgan fingerprint density at radius 3 is 2.79 bits per heavy atom. The summed E-state index contributed by atoms with van der Waals surface area (Å²) in [5.74, 6) is 1.17. The van der Waals surface area contributed by atoms with Crippen molar-refractivity contribution in [3.8, 4) is 5.75 Å². The van der Waals surface area contributed by atoms with Crippen molar-refractivity contribution in [3.63, 3.8) is 0 Å². The van der Waals surface area contributed by atoms with Crippen LogP contribution < -0.4 is 5.32 Å². The summed E-state index contributed by atoms with van der Waals surface area (Å²) < 4.78 is 0. The molecule has 144 valence electrons. The van der Waals surface area contributed by atoms with E-state index in [1.807, 2.05) is 18.3 Å². The standard InChI is InChI=1S/C22H24N4O2/c27-19-7-3-4-13-14(19)8-9-15(13)21-16-10-11-23-12-17(16)22(26-25-21)24-18-5-1-2-6-20(18)28/h3-4,7,10-12,15,18,20,27-28H,1-2,5-6,8-9H2,(H,24,26). The van der Waals surface area contributed by atoms with Gasteiger partial charge in [-0.3, -0.25) is 4.98 Å². The molecule has 3 N–H and O–H groups in total. The first kappa shape index (κ1) is 17.4. The number of aliphatic hydroxyl groups is 1. The fraction of sp³-hybridized carbons (Fsp3) is 0.409. The highest BCUT2D eigenvalue weighted by Crippen LogP contribution is 2.43. The number of phenols is 1. The minimum Gasteiger partial charge on any atom is -0.508 e. The molecular weight excluding hydrogens is 352 g/mol. The van der Waals surface area contributed by atoms with Gasteiger partial charge in [0.25, 0.3) is 0 Å². The second kappa shape index (κ2) is 7.02. The second-order valence-electron chi connectivity index (χ2n) is 7.89. The summed E-state index contributed by atoms with van der Waals surface area (Å²) in [6, 6.07) is 7.71. The lowest BCUT2D eigenvalue weighted by atomic mass is 9.92. The fourth-order valence-corrected chi connectivity index (χ4v) is 4.76. The third kappa shape index (κ3) is 2.88. The van der Waals surface area contributed by atoms with Gasteiger partial charge in [0.15, 0.2) is 5.82 Å². The first-order valence-corrected chi connectivity index (χ1v) is 10.1. The van der Waals surface area contributed by atoms with Crippen molar-refractivity contribution < 1.29 is 10.2 Å². The number of phenolic OH excluding ortho intramolecular Hbond substituents is 1. The molecule has 2 aliphatic rings. The van der Waals surface area contributed by atoms with Crippen molar-refractivity contribution in [3.05, 3.63) is 53.5 Å². The SMILES string of the molecule is Oc1cccc2c1CCC2c1nnc(NC2CCCCC2O)c2cnccc12. The van der Waals surface area contributed by atoms with Gasteiger partial charge in [-0.2, -0.15) is 5.10 Å². The van der Waals surface area contributed by atoms with E-state index in [2.05, 4.69) is 26.6 Å². The van der Waals surface area contributed by atoms with Gasteiger partial charge in [0, 0.05) is 29.1 Å². The van der Waals surface area contributed by atoms with Crippen LogP contribution >= 0.6 is 0 Å². The van der Waals surface area contributed by atoms with Crippen LogP contribution in [-0.2, 0) is 6.42 Å². The van der Waals surface area contributed by atoms with E-state index in [-0.39, 0.29) is 18.1 Å². The van der Waals surface area contributed by atoms with Gasteiger partial charge in [-0.15, -0.1) is 5.10 Å². The van der Waals surface area contributed by atoms with Crippen LogP contribution in [0.5, 0.6) is 5.75 Å². The summed E-state index contributed by atoms with van der Waals surface area (Å²) in [5.41, 5.74) is 3.08. The number of aliphatic hydroxyl groups excluding tert-OH is 1. The van der Waals surface area contributed by atoms with E-state index in [1.54, 1.807) is 12.3 Å². The van der Waals surface area contributed by atoms with E-state index in [0.29, 0.717) is 11.6 Å². The molecule has 1 saturated carbocycles. The zero-order valence-corrected chi connectivity index (χ0v) is 15.7. The molecule has 0 aliphatic heterocycles. The second-order valence-corrected chi connectivity index (χ2v) is 7.89. The molecular formula is C22H24N4O2. The predicted octanol–water partition coefficient (Wildman–Crippen LogP) is 3.52. The van der Waals surface area contributed by atoms with Gasteiger partial charge in [-0.1, -0.05) is 25.0 Å². The van der Waals surface area contributed by atoms with Crippen molar-refractivity contribution >= 4 is 16.6 Å². The number of anilines is 1. The van der Waals surface area contributed by atoms with Crippen molar-refractivity contribution in [2.75, 3.05) is 5.32 Å². The molecule has 0 radical (unpaired) electrons. The molecule has 3 unspecified atom stereocenters. The molecule has 3 atom stereocenters. The minimum absolute atomic E-state index is 0.00135. The molecule has 6 nitrogen and oxygen atoms in total. The largest absolute Gasteiger partial charge is 0.508 e. The Balaban J connectivity index is 1.55. The summed E-state index contributed by atoms with van der Waals surface area (Å²) in [7, 11) is 0. The van der Waals surface area contributed by atoms with E-state index in [4.69, 9.17) is 0 Å². The van der Waals surface area contributed by atoms with Crippen LogP contribution in [0.3, 0.4) is 0 Å². The lowest BCUT2D eigenvalue weighted by Gasteiger charge is -2.29. The molecule has 0 bridgehead atoms. The van der Waals surface area contributed by atoms with Crippen molar-refractivity contribution in [1.29, 1.82) is 0 Å². The normalized spacial score (nSPS) is 24.2. The molecule has 0 amide bonds. The van der Waals surface area contributed by atoms with Crippen LogP contribution in [0.15, 0.2) is 36.7 Å². The van der Waals surface area contributed by atoms with Crippen molar-refractivity contribution in [2.45, 2.75) is 56.6 Å². The molecule has 2 aromatic heterocycles. The summed E-state index contributed by atoms with van der Waals surface area (Å²) in [6.45, 7) is 0. The van der Waals surface area contributed by atoms with Crippen molar-refractivity contribution in [1.82, 2.24) is 15.2 Å². The molecule has 6 heteroatoms. The maximum Gasteiger partial charge on any atom is 0.158 e. The van der Waals surface area contributed by atoms with Crippen LogP contribution in [0.1, 0.15) is 54.8 Å². The lowest BCUT2D eigenvalue weighted by Crippen LogP contribution is -2.36. The third-order valence-corrected chi connectivity index (χ3v) is 6.24. The topological polar surface area (TPSA) is 91.2 Å². The molecule has 0 spiro atoms. The Bertz CT molecular complexity index is 1020. The molecule has 2 heterocycles. The van der Waals surface area contributed by atoms with Crippen LogP contribution in [0, 0.1) is 0 Å². The van der Waals surface area contributed by atoms with Crippen molar-refractivity contribution in [2.24, 2.45) is 0 Å². The summed E-state index contributed by atoms with van der Waals surface area (Å²) in [5, 5.41) is 35.0. The van der Waals surface area contributed by atoms with Crippen LogP contribution in [0.25, 0.3) is 10.8 Å². The number of pyridine rings is 1. The number of benzene rings is 1. The minimum atomic E-state index is -0.355. The Kier molecular flexibility index (Phi) is 4.36. The van der Waals surface area contributed by atoms with E-state index >= 15 is 0 Å². The van der Waals surface area contributed by atoms with Gasteiger partial charge in [0.2, 0.25) is 0 Å². The maximum absolute atomic E-state index is 10.3. The number of aromatic hydroxyl groups is 1. The van der Waals surface area contributed by atoms with Crippen LogP contribution in [0.2, 0.25) is 0 Å². The Morgan fingerprint density at radius 2 is 1.89 bits per heavy atom. The Morgan fingerprint density at radius 1 is 1.00 bits per heavy atom. The van der Waals surface area contributed by atoms with Gasteiger partial charge < -0.3 is 15.5 Å². The Hall–Kier alpha value is -2.73. The van der Waals surface area contributed by atoms with E-state index in [0.717, 1.165) is 66.1 Å². The molecule has 1 fully saturated rings. The van der Waals surface area contributed by atoms with E-state index in [1.165, 1.54) is 0 Å². The third-order valence-electron chi connectivity index (χ3n) is 6.24. The fourth-order valence-electron chi connectivity index (χ4n) is 4.76. The Labute approximate surface area is 163 Å². The highest BCUT2D eigenvalue weighted by molar-refractivity contribution is 5.93. The lowest BCUT2D eigenvalue weighted by molar-refractivity contribution is 0.116. The zero-order valence-electron chi connectivity index (χ0n) is 15.7. The molecule has 5 rings (SSSR count). The number of hydrogen-bond acceptors (Lipinski definition) is 6. The van der Waals surface area contributed by atoms with Gasteiger partial charge in [-0.05, 0) is 48.9 Å². The average Bonchev–Trinajstić information content (AvgIpc) is 3.15. The maximum atomic E-state index is 10.3. The number of aromatic nitrogens is 3. The van der Waals surface area contributed by atoms with Gasteiger partial charge in [0.1, 0.15) is 5.75 Å². The smallest absolute Gasteiger partial charge is 0.158 e. The quantitative estimate of drug-likeness (QED) is 0.648. The molecule has 2 aliphatic carbocycles.